The van der Waals surface area contributed by atoms with Crippen LogP contribution in [0.5, 0.6) is 0 Å². The summed E-state index contributed by atoms with van der Waals surface area (Å²) in [6.45, 7) is 2.64. The molecule has 4 aromatic rings. The fraction of sp³-hybridized carbons (Fsp3) is 0.286. The predicted molar refractivity (Wildman–Crippen MR) is 110 cm³/mol. The van der Waals surface area contributed by atoms with Crippen LogP contribution < -0.4 is 0 Å². The van der Waals surface area contributed by atoms with Crippen molar-refractivity contribution in [2.45, 2.75) is 32.2 Å². The molecule has 0 aliphatic carbocycles. The van der Waals surface area contributed by atoms with Gasteiger partial charge < -0.3 is 9.32 Å². The molecule has 0 radical (unpaired) electrons. The van der Waals surface area contributed by atoms with E-state index >= 15 is 0 Å². The number of likely N-dealkylation sites (tertiary alicyclic amines) is 1. The number of fused-ring (bicyclic) bond motifs is 1. The van der Waals surface area contributed by atoms with E-state index in [9.17, 15) is 4.79 Å². The lowest BCUT2D eigenvalue weighted by Crippen LogP contribution is -2.38. The van der Waals surface area contributed by atoms with Crippen molar-refractivity contribution in [2.75, 3.05) is 6.54 Å². The van der Waals surface area contributed by atoms with Crippen molar-refractivity contribution in [2.24, 2.45) is 0 Å². The van der Waals surface area contributed by atoms with E-state index in [1.54, 1.807) is 17.5 Å². The Kier molecular flexibility index (Phi) is 4.55. The number of aryl methyl sites for hydroxylation is 1. The van der Waals surface area contributed by atoms with E-state index in [4.69, 9.17) is 4.42 Å². The molecule has 1 atom stereocenters. The van der Waals surface area contributed by atoms with Gasteiger partial charge in [0.25, 0.3) is 11.8 Å². The van der Waals surface area contributed by atoms with Crippen molar-refractivity contribution in [3.63, 3.8) is 0 Å². The number of rotatable bonds is 3. The monoisotopic (exact) mass is 405 g/mol. The van der Waals surface area contributed by atoms with Gasteiger partial charge in [0.15, 0.2) is 0 Å². The molecule has 1 aromatic carbocycles. The molecule has 0 unspecified atom stereocenters. The first-order chi connectivity index (χ1) is 14.2. The number of hydrogen-bond donors (Lipinski definition) is 0. The highest BCUT2D eigenvalue weighted by molar-refractivity contribution is 7.18. The molecule has 5 rings (SSSR count). The minimum Gasteiger partial charge on any atom is -0.417 e. The molecule has 0 bridgehead atoms. The molecule has 29 heavy (non-hydrogen) atoms. The third-order valence-corrected chi connectivity index (χ3v) is 6.05. The summed E-state index contributed by atoms with van der Waals surface area (Å²) in [6, 6.07) is 11.0. The Morgan fingerprint density at radius 3 is 3.00 bits per heavy atom. The molecule has 0 spiro atoms. The van der Waals surface area contributed by atoms with Crippen LogP contribution in [0.15, 0.2) is 47.0 Å². The van der Waals surface area contributed by atoms with Gasteiger partial charge in [0.2, 0.25) is 5.89 Å². The number of hydrogen-bond acceptors (Lipinski definition) is 7. The third kappa shape index (κ3) is 3.40. The highest BCUT2D eigenvalue weighted by Gasteiger charge is 2.33. The first-order valence-corrected chi connectivity index (χ1v) is 10.4. The summed E-state index contributed by atoms with van der Waals surface area (Å²) < 4.78 is 6.94. The van der Waals surface area contributed by atoms with Gasteiger partial charge >= 0.3 is 0 Å². The number of amides is 1. The smallest absolute Gasteiger partial charge is 0.266 e. The minimum absolute atomic E-state index is 0.0137. The number of thiazole rings is 1. The maximum atomic E-state index is 13.3. The lowest BCUT2D eigenvalue weighted by molar-refractivity contribution is 0.0572. The number of piperidine rings is 1. The largest absolute Gasteiger partial charge is 0.417 e. The van der Waals surface area contributed by atoms with E-state index < -0.39 is 0 Å². The predicted octanol–water partition coefficient (Wildman–Crippen LogP) is 4.42. The van der Waals surface area contributed by atoms with Gasteiger partial charge in [0.1, 0.15) is 11.7 Å². The van der Waals surface area contributed by atoms with Gasteiger partial charge in [-0.3, -0.25) is 9.78 Å². The molecule has 3 aromatic heterocycles. The Morgan fingerprint density at radius 1 is 1.21 bits per heavy atom. The summed E-state index contributed by atoms with van der Waals surface area (Å²) in [5.41, 5.74) is 2.22. The van der Waals surface area contributed by atoms with Crippen LogP contribution in [0.3, 0.4) is 0 Å². The molecular formula is C21H19N5O2S. The quantitative estimate of drug-likeness (QED) is 0.502. The third-order valence-electron chi connectivity index (χ3n) is 5.12. The van der Waals surface area contributed by atoms with Gasteiger partial charge in [-0.25, -0.2) is 4.98 Å². The van der Waals surface area contributed by atoms with Gasteiger partial charge in [0, 0.05) is 18.3 Å². The Morgan fingerprint density at radius 2 is 2.14 bits per heavy atom. The zero-order chi connectivity index (χ0) is 19.8. The van der Waals surface area contributed by atoms with E-state index in [1.165, 1.54) is 0 Å². The maximum Gasteiger partial charge on any atom is 0.266 e. The molecule has 0 saturated carbocycles. The molecule has 0 N–H and O–H groups in total. The lowest BCUT2D eigenvalue weighted by atomic mass is 10.0. The van der Waals surface area contributed by atoms with Crippen LogP contribution in [0, 0.1) is 6.92 Å². The average molecular weight is 405 g/mol. The Bertz CT molecular complexity index is 1170. The molecule has 7 nitrogen and oxygen atoms in total. The molecule has 1 aliphatic rings. The maximum absolute atomic E-state index is 13.3. The number of benzene rings is 1. The van der Waals surface area contributed by atoms with E-state index in [-0.39, 0.29) is 11.9 Å². The summed E-state index contributed by atoms with van der Waals surface area (Å²) in [6.07, 6.45) is 4.47. The molecule has 4 heterocycles. The SMILES string of the molecule is Cc1nc2ccc(C(=O)N3CCCC[C@H]3c3nnc(-c4ccccn4)o3)cc2s1. The van der Waals surface area contributed by atoms with Crippen molar-refractivity contribution in [1.82, 2.24) is 25.1 Å². The summed E-state index contributed by atoms with van der Waals surface area (Å²) in [5.74, 6) is 0.828. The molecule has 8 heteroatoms. The highest BCUT2D eigenvalue weighted by atomic mass is 32.1. The molecule has 1 fully saturated rings. The molecule has 1 saturated heterocycles. The first kappa shape index (κ1) is 17.9. The number of carbonyl (C=O) groups is 1. The summed E-state index contributed by atoms with van der Waals surface area (Å²) >= 11 is 1.60. The molecule has 1 amide bonds. The van der Waals surface area contributed by atoms with E-state index in [0.29, 0.717) is 29.6 Å². The van der Waals surface area contributed by atoms with Crippen molar-refractivity contribution < 1.29 is 9.21 Å². The van der Waals surface area contributed by atoms with Crippen molar-refractivity contribution in [3.05, 3.63) is 59.1 Å². The van der Waals surface area contributed by atoms with Gasteiger partial charge in [-0.2, -0.15) is 0 Å². The summed E-state index contributed by atoms with van der Waals surface area (Å²) in [7, 11) is 0. The van der Waals surface area contributed by atoms with Crippen LogP contribution >= 0.6 is 11.3 Å². The summed E-state index contributed by atoms with van der Waals surface area (Å²) in [5, 5.41) is 9.38. The van der Waals surface area contributed by atoms with Crippen LogP contribution in [0.2, 0.25) is 0 Å². The molecule has 1 aliphatic heterocycles. The second-order valence-corrected chi connectivity index (χ2v) is 8.32. The Balaban J connectivity index is 1.45. The second-order valence-electron chi connectivity index (χ2n) is 7.09. The average Bonchev–Trinajstić information content (AvgIpc) is 3.39. The highest BCUT2D eigenvalue weighted by Crippen LogP contribution is 2.33. The number of aromatic nitrogens is 4. The zero-order valence-corrected chi connectivity index (χ0v) is 16.7. The first-order valence-electron chi connectivity index (χ1n) is 9.62. The van der Waals surface area contributed by atoms with Crippen LogP contribution in [0.4, 0.5) is 0 Å². The molecule has 146 valence electrons. The Labute approximate surface area is 171 Å². The summed E-state index contributed by atoms with van der Waals surface area (Å²) in [4.78, 5) is 23.9. The van der Waals surface area contributed by atoms with Crippen LogP contribution in [-0.4, -0.2) is 37.5 Å². The van der Waals surface area contributed by atoms with Crippen LogP contribution in [-0.2, 0) is 0 Å². The topological polar surface area (TPSA) is 85.0 Å². The van der Waals surface area contributed by atoms with E-state index in [0.717, 1.165) is 34.5 Å². The standard InChI is InChI=1S/C21H19N5O2S/c1-13-23-15-9-8-14(12-18(15)29-13)21(27)26-11-5-3-7-17(26)20-25-24-19(28-20)16-6-2-4-10-22-16/h2,4,6,8-10,12,17H,3,5,7,11H2,1H3/t17-/m0/s1. The fourth-order valence-electron chi connectivity index (χ4n) is 3.73. The lowest BCUT2D eigenvalue weighted by Gasteiger charge is -2.33. The number of nitrogens with zero attached hydrogens (tertiary/aromatic N) is 5. The van der Waals surface area contributed by atoms with E-state index in [2.05, 4.69) is 20.2 Å². The van der Waals surface area contributed by atoms with Crippen molar-refractivity contribution in [1.29, 1.82) is 0 Å². The van der Waals surface area contributed by atoms with Gasteiger partial charge in [-0.15, -0.1) is 21.5 Å². The van der Waals surface area contributed by atoms with Crippen LogP contribution in [0.1, 0.15) is 46.6 Å². The van der Waals surface area contributed by atoms with Gasteiger partial charge in [-0.05, 0) is 56.5 Å². The zero-order valence-electron chi connectivity index (χ0n) is 15.9. The van der Waals surface area contributed by atoms with Crippen LogP contribution in [0.25, 0.3) is 21.8 Å². The van der Waals surface area contributed by atoms with Gasteiger partial charge in [0.05, 0.1) is 15.2 Å². The number of pyridine rings is 1. The fourth-order valence-corrected chi connectivity index (χ4v) is 4.60. The molecular weight excluding hydrogens is 386 g/mol. The minimum atomic E-state index is -0.222. The van der Waals surface area contributed by atoms with Crippen molar-refractivity contribution in [3.8, 4) is 11.6 Å². The van der Waals surface area contributed by atoms with Gasteiger partial charge in [-0.1, -0.05) is 6.07 Å². The number of carbonyl (C=O) groups excluding carboxylic acids is 1. The Hall–Kier alpha value is -3.13. The normalized spacial score (nSPS) is 17.0. The van der Waals surface area contributed by atoms with E-state index in [1.807, 2.05) is 48.2 Å². The second kappa shape index (κ2) is 7.36. The van der Waals surface area contributed by atoms with Crippen molar-refractivity contribution >= 4 is 27.5 Å².